The Hall–Kier alpha value is -1.24. The molecule has 0 aromatic carbocycles. The highest BCUT2D eigenvalue weighted by Crippen LogP contribution is 2.16. The normalized spacial score (nSPS) is 20.2. The van der Waals surface area contributed by atoms with Crippen LogP contribution in [-0.4, -0.2) is 47.8 Å². The molecule has 1 atom stereocenters. The third kappa shape index (κ3) is 3.86. The van der Waals surface area contributed by atoms with Crippen LogP contribution < -0.4 is 10.5 Å². The highest BCUT2D eigenvalue weighted by atomic mass is 32.1. The molecule has 2 rings (SSSR count). The molecule has 0 radical (unpaired) electrons. The first-order valence-electron chi connectivity index (χ1n) is 6.23. The molecule has 1 aliphatic rings. The number of rotatable bonds is 4. The molecule has 2 N–H and O–H groups in total. The van der Waals surface area contributed by atoms with Crippen LogP contribution in [0.4, 0.5) is 0 Å². The summed E-state index contributed by atoms with van der Waals surface area (Å²) in [7, 11) is 1.66. The molecule has 1 unspecified atom stereocenters. The molecule has 6 heteroatoms. The van der Waals surface area contributed by atoms with E-state index in [0.29, 0.717) is 18.1 Å². The van der Waals surface area contributed by atoms with Gasteiger partial charge >= 0.3 is 0 Å². The lowest BCUT2D eigenvalue weighted by Gasteiger charge is -2.32. The predicted octanol–water partition coefficient (Wildman–Crippen LogP) is 0.886. The van der Waals surface area contributed by atoms with Crippen molar-refractivity contribution in [1.29, 1.82) is 0 Å². The lowest BCUT2D eigenvalue weighted by atomic mass is 10.2. The fraction of sp³-hybridized carbons (Fsp3) is 0.538. The monoisotopic (exact) mass is 281 g/mol. The number of hydrogen-bond donors (Lipinski definition) is 1. The smallest absolute Gasteiger partial charge is 0.122 e. The zero-order valence-corrected chi connectivity index (χ0v) is 12.1. The molecule has 1 saturated heterocycles. The maximum absolute atomic E-state index is 5.64. The molecule has 0 saturated carbocycles. The van der Waals surface area contributed by atoms with Crippen LogP contribution in [0.1, 0.15) is 11.4 Å². The van der Waals surface area contributed by atoms with E-state index in [1.807, 2.05) is 19.1 Å². The summed E-state index contributed by atoms with van der Waals surface area (Å²) in [6.07, 6.45) is -0.157. The van der Waals surface area contributed by atoms with Gasteiger partial charge in [0.15, 0.2) is 0 Å². The molecule has 0 aliphatic carbocycles. The van der Waals surface area contributed by atoms with Crippen LogP contribution in [0, 0.1) is 6.92 Å². The Morgan fingerprint density at radius 1 is 1.63 bits per heavy atom. The summed E-state index contributed by atoms with van der Waals surface area (Å²) in [5.74, 6) is 0.835. The second kappa shape index (κ2) is 6.27. The molecule has 1 fully saturated rings. The van der Waals surface area contributed by atoms with Gasteiger partial charge in [0.1, 0.15) is 16.8 Å². The molecule has 1 aromatic rings. The van der Waals surface area contributed by atoms with E-state index in [2.05, 4.69) is 9.88 Å². The SMILES string of the molecule is COc1cc(C)nc(CN2CCOC(C(N)=S)C2)c1. The quantitative estimate of drug-likeness (QED) is 0.827. The number of pyridine rings is 1. The summed E-state index contributed by atoms with van der Waals surface area (Å²) in [4.78, 5) is 7.18. The average molecular weight is 281 g/mol. The van der Waals surface area contributed by atoms with Crippen molar-refractivity contribution in [3.8, 4) is 5.75 Å². The number of aryl methyl sites for hydroxylation is 1. The van der Waals surface area contributed by atoms with Crippen LogP contribution in [0.15, 0.2) is 12.1 Å². The number of morpholine rings is 1. The molecule has 0 amide bonds. The van der Waals surface area contributed by atoms with Crippen LogP contribution in [-0.2, 0) is 11.3 Å². The molecule has 2 heterocycles. The highest BCUT2D eigenvalue weighted by molar-refractivity contribution is 7.80. The van der Waals surface area contributed by atoms with Crippen molar-refractivity contribution in [3.63, 3.8) is 0 Å². The maximum Gasteiger partial charge on any atom is 0.122 e. The second-order valence-electron chi connectivity index (χ2n) is 4.64. The third-order valence-electron chi connectivity index (χ3n) is 3.07. The minimum Gasteiger partial charge on any atom is -0.497 e. The highest BCUT2D eigenvalue weighted by Gasteiger charge is 2.22. The number of methoxy groups -OCH3 is 1. The van der Waals surface area contributed by atoms with Crippen LogP contribution in [0.3, 0.4) is 0 Å². The van der Waals surface area contributed by atoms with Gasteiger partial charge in [-0.3, -0.25) is 9.88 Å². The van der Waals surface area contributed by atoms with E-state index in [1.165, 1.54) is 0 Å². The van der Waals surface area contributed by atoms with E-state index in [1.54, 1.807) is 7.11 Å². The minimum atomic E-state index is -0.157. The molecule has 1 aliphatic heterocycles. The van der Waals surface area contributed by atoms with Gasteiger partial charge in [-0.25, -0.2) is 0 Å². The standard InChI is InChI=1S/C13H19N3O2S/c1-9-5-11(17-2)6-10(15-9)7-16-3-4-18-12(8-16)13(14)19/h5-6,12H,3-4,7-8H2,1-2H3,(H2,14,19). The van der Waals surface area contributed by atoms with Gasteiger partial charge in [-0.2, -0.15) is 0 Å². The van der Waals surface area contributed by atoms with Crippen LogP contribution >= 0.6 is 12.2 Å². The van der Waals surface area contributed by atoms with E-state index in [-0.39, 0.29) is 6.10 Å². The first-order valence-corrected chi connectivity index (χ1v) is 6.64. The molecular weight excluding hydrogens is 262 g/mol. The lowest BCUT2D eigenvalue weighted by molar-refractivity contribution is 0.00343. The van der Waals surface area contributed by atoms with Crippen molar-refractivity contribution in [2.45, 2.75) is 19.6 Å². The van der Waals surface area contributed by atoms with E-state index in [4.69, 9.17) is 27.4 Å². The summed E-state index contributed by atoms with van der Waals surface area (Å²) in [5, 5.41) is 0. The Balaban J connectivity index is 2.04. The predicted molar refractivity (Wildman–Crippen MR) is 77.3 cm³/mol. The van der Waals surface area contributed by atoms with Gasteiger partial charge in [-0.05, 0) is 6.92 Å². The number of nitrogens with zero attached hydrogens (tertiary/aromatic N) is 2. The zero-order chi connectivity index (χ0) is 13.8. The Labute approximate surface area is 118 Å². The number of nitrogens with two attached hydrogens (primary N) is 1. The van der Waals surface area contributed by atoms with Crippen molar-refractivity contribution >= 4 is 17.2 Å². The molecular formula is C13H19N3O2S. The number of thiocarbonyl (C=S) groups is 1. The Kier molecular flexibility index (Phi) is 4.68. The fourth-order valence-corrected chi connectivity index (χ4v) is 2.29. The number of aromatic nitrogens is 1. The molecule has 19 heavy (non-hydrogen) atoms. The summed E-state index contributed by atoms with van der Waals surface area (Å²) in [5.41, 5.74) is 7.58. The molecule has 5 nitrogen and oxygen atoms in total. The van der Waals surface area contributed by atoms with Crippen molar-refractivity contribution in [1.82, 2.24) is 9.88 Å². The number of hydrogen-bond acceptors (Lipinski definition) is 5. The molecule has 0 bridgehead atoms. The Morgan fingerprint density at radius 3 is 3.11 bits per heavy atom. The summed E-state index contributed by atoms with van der Waals surface area (Å²) in [6, 6.07) is 3.87. The molecule has 1 aromatic heterocycles. The van der Waals surface area contributed by atoms with Crippen molar-refractivity contribution < 1.29 is 9.47 Å². The van der Waals surface area contributed by atoms with Crippen LogP contribution in [0.2, 0.25) is 0 Å². The Morgan fingerprint density at radius 2 is 2.42 bits per heavy atom. The van der Waals surface area contributed by atoms with Gasteiger partial charge < -0.3 is 15.2 Å². The van der Waals surface area contributed by atoms with Gasteiger partial charge in [0.05, 0.1) is 19.4 Å². The number of ether oxygens (including phenoxy) is 2. The summed E-state index contributed by atoms with van der Waals surface area (Å²) < 4.78 is 10.8. The summed E-state index contributed by atoms with van der Waals surface area (Å²) in [6.45, 7) is 4.93. The van der Waals surface area contributed by atoms with Crippen molar-refractivity contribution in [2.24, 2.45) is 5.73 Å². The van der Waals surface area contributed by atoms with Gasteiger partial charge in [0, 0.05) is 37.5 Å². The second-order valence-corrected chi connectivity index (χ2v) is 5.11. The van der Waals surface area contributed by atoms with Gasteiger partial charge in [0.2, 0.25) is 0 Å². The lowest BCUT2D eigenvalue weighted by Crippen LogP contribution is -2.47. The first kappa shape index (κ1) is 14.2. The van der Waals surface area contributed by atoms with E-state index >= 15 is 0 Å². The van der Waals surface area contributed by atoms with Crippen molar-refractivity contribution in [2.75, 3.05) is 26.8 Å². The third-order valence-corrected chi connectivity index (χ3v) is 3.33. The zero-order valence-electron chi connectivity index (χ0n) is 11.3. The largest absolute Gasteiger partial charge is 0.497 e. The average Bonchev–Trinajstić information content (AvgIpc) is 2.38. The van der Waals surface area contributed by atoms with E-state index in [9.17, 15) is 0 Å². The van der Waals surface area contributed by atoms with E-state index < -0.39 is 0 Å². The summed E-state index contributed by atoms with van der Waals surface area (Å²) >= 11 is 4.98. The van der Waals surface area contributed by atoms with E-state index in [0.717, 1.165) is 30.2 Å². The van der Waals surface area contributed by atoms with Gasteiger partial charge in [0.25, 0.3) is 0 Å². The molecule has 0 spiro atoms. The Bertz CT molecular complexity index is 467. The first-order chi connectivity index (χ1) is 9.08. The van der Waals surface area contributed by atoms with Crippen LogP contribution in [0.25, 0.3) is 0 Å². The molecule has 104 valence electrons. The van der Waals surface area contributed by atoms with Gasteiger partial charge in [-0.1, -0.05) is 12.2 Å². The fourth-order valence-electron chi connectivity index (χ4n) is 2.15. The van der Waals surface area contributed by atoms with Gasteiger partial charge in [-0.15, -0.1) is 0 Å². The maximum atomic E-state index is 5.64. The van der Waals surface area contributed by atoms with Crippen LogP contribution in [0.5, 0.6) is 5.75 Å². The minimum absolute atomic E-state index is 0.157. The van der Waals surface area contributed by atoms with Crippen molar-refractivity contribution in [3.05, 3.63) is 23.5 Å². The topological polar surface area (TPSA) is 60.6 Å².